The van der Waals surface area contributed by atoms with Gasteiger partial charge in [0.1, 0.15) is 6.23 Å². The van der Waals surface area contributed by atoms with Gasteiger partial charge in [0.15, 0.2) is 0 Å². The number of aromatic nitrogens is 2. The molecule has 190 valence electrons. The maximum absolute atomic E-state index is 11.2. The molecule has 5 rings (SSSR count). The van der Waals surface area contributed by atoms with Crippen molar-refractivity contribution in [1.29, 1.82) is 0 Å². The minimum Gasteiger partial charge on any atom is -0.481 e. The average molecular weight is 516 g/mol. The minimum absolute atomic E-state index is 0.143. The summed E-state index contributed by atoms with van der Waals surface area (Å²) in [6.45, 7) is 1.55. The number of hydrogen-bond donors (Lipinski definition) is 2. The number of rotatable bonds is 9. The summed E-state index contributed by atoms with van der Waals surface area (Å²) in [7, 11) is 0. The normalized spacial score (nSPS) is 16.8. The fourth-order valence-corrected chi connectivity index (χ4v) is 5.29. The molecule has 2 heterocycles. The van der Waals surface area contributed by atoms with Crippen molar-refractivity contribution in [3.05, 3.63) is 94.6 Å². The van der Waals surface area contributed by atoms with Gasteiger partial charge in [-0.2, -0.15) is 0 Å². The second kappa shape index (κ2) is 11.4. The molecule has 3 aromatic carbocycles. The van der Waals surface area contributed by atoms with Crippen molar-refractivity contribution in [3.63, 3.8) is 0 Å². The molecule has 0 aliphatic carbocycles. The summed E-state index contributed by atoms with van der Waals surface area (Å²) < 4.78 is 0. The lowest BCUT2D eigenvalue weighted by molar-refractivity contribution is -0.137. The number of hydrogen-bond acceptors (Lipinski definition) is 5. The van der Waals surface area contributed by atoms with Gasteiger partial charge in [-0.3, -0.25) is 9.69 Å². The van der Waals surface area contributed by atoms with Crippen LogP contribution in [0.1, 0.15) is 54.6 Å². The zero-order valence-corrected chi connectivity index (χ0v) is 21.3. The molecule has 1 aromatic heterocycles. The van der Waals surface area contributed by atoms with Crippen LogP contribution in [0.15, 0.2) is 72.8 Å². The number of likely N-dealkylation sites (tertiary alicyclic amines) is 1. The molecular weight excluding hydrogens is 486 g/mol. The number of benzene rings is 3. The summed E-state index contributed by atoms with van der Waals surface area (Å²) in [4.78, 5) is 22.9. The Labute approximate surface area is 221 Å². The maximum atomic E-state index is 11.2. The molecule has 6 nitrogen and oxygen atoms in total. The number of aliphatic hydroxyl groups excluding tert-OH is 1. The van der Waals surface area contributed by atoms with Crippen molar-refractivity contribution < 1.29 is 15.0 Å². The van der Waals surface area contributed by atoms with Gasteiger partial charge in [-0.15, -0.1) is 0 Å². The van der Waals surface area contributed by atoms with Crippen LogP contribution in [0.2, 0.25) is 5.02 Å². The predicted octanol–water partition coefficient (Wildman–Crippen LogP) is 6.23. The first-order chi connectivity index (χ1) is 18.0. The highest BCUT2D eigenvalue weighted by molar-refractivity contribution is 6.30. The molecule has 37 heavy (non-hydrogen) atoms. The third-order valence-electron chi connectivity index (χ3n) is 7.05. The third kappa shape index (κ3) is 5.99. The van der Waals surface area contributed by atoms with E-state index in [2.05, 4.69) is 11.0 Å². The summed E-state index contributed by atoms with van der Waals surface area (Å²) in [6.07, 6.45) is 2.32. The number of carbonyl (C=O) groups is 1. The monoisotopic (exact) mass is 515 g/mol. The molecule has 4 aromatic rings. The fourth-order valence-electron chi connectivity index (χ4n) is 5.09. The van der Waals surface area contributed by atoms with E-state index in [1.54, 1.807) is 0 Å². The Morgan fingerprint density at radius 3 is 2.62 bits per heavy atom. The van der Waals surface area contributed by atoms with E-state index in [0.717, 1.165) is 58.1 Å². The van der Waals surface area contributed by atoms with Crippen LogP contribution in [-0.2, 0) is 11.2 Å². The van der Waals surface area contributed by atoms with Gasteiger partial charge in [0.05, 0.1) is 22.4 Å². The van der Waals surface area contributed by atoms with Gasteiger partial charge in [0.2, 0.25) is 0 Å². The number of aliphatic carboxylic acids is 1. The van der Waals surface area contributed by atoms with Crippen LogP contribution in [-0.4, -0.2) is 44.1 Å². The van der Waals surface area contributed by atoms with Crippen LogP contribution >= 0.6 is 11.6 Å². The summed E-state index contributed by atoms with van der Waals surface area (Å²) in [5.41, 5.74) is 6.14. The van der Waals surface area contributed by atoms with Gasteiger partial charge in [-0.05, 0) is 67.0 Å². The summed E-state index contributed by atoms with van der Waals surface area (Å²) >= 11 is 6.19. The molecule has 1 aliphatic rings. The fraction of sp³-hybridized carbons (Fsp3) is 0.300. The van der Waals surface area contributed by atoms with E-state index in [-0.39, 0.29) is 6.42 Å². The summed E-state index contributed by atoms with van der Waals surface area (Å²) in [5.74, 6) is -0.453. The summed E-state index contributed by atoms with van der Waals surface area (Å²) in [6, 6.07) is 23.7. The first kappa shape index (κ1) is 25.3. The molecule has 7 heteroatoms. The van der Waals surface area contributed by atoms with E-state index in [1.807, 2.05) is 66.7 Å². The van der Waals surface area contributed by atoms with E-state index in [0.29, 0.717) is 25.2 Å². The number of aryl methyl sites for hydroxylation is 1. The largest absolute Gasteiger partial charge is 0.481 e. The van der Waals surface area contributed by atoms with Crippen LogP contribution in [0.4, 0.5) is 0 Å². The molecule has 2 N–H and O–H groups in total. The minimum atomic E-state index is -0.786. The van der Waals surface area contributed by atoms with E-state index in [4.69, 9.17) is 26.7 Å². The quantitative estimate of drug-likeness (QED) is 0.257. The Morgan fingerprint density at radius 1 is 1.00 bits per heavy atom. The zero-order valence-electron chi connectivity index (χ0n) is 20.6. The van der Waals surface area contributed by atoms with Crippen molar-refractivity contribution in [2.45, 2.75) is 44.2 Å². The van der Waals surface area contributed by atoms with Gasteiger partial charge in [0.25, 0.3) is 0 Å². The Balaban J connectivity index is 1.39. The highest BCUT2D eigenvalue weighted by Gasteiger charge is 2.29. The average Bonchev–Trinajstić information content (AvgIpc) is 3.41. The van der Waals surface area contributed by atoms with Gasteiger partial charge in [-0.1, -0.05) is 60.1 Å². The van der Waals surface area contributed by atoms with E-state index < -0.39 is 12.2 Å². The Hall–Kier alpha value is -3.32. The first-order valence-corrected chi connectivity index (χ1v) is 13.1. The van der Waals surface area contributed by atoms with E-state index in [9.17, 15) is 9.90 Å². The Morgan fingerprint density at radius 2 is 1.84 bits per heavy atom. The number of fused-ring (bicyclic) bond motifs is 1. The predicted molar refractivity (Wildman–Crippen MR) is 146 cm³/mol. The molecule has 0 amide bonds. The smallest absolute Gasteiger partial charge is 0.303 e. The molecule has 0 bridgehead atoms. The Kier molecular flexibility index (Phi) is 7.79. The maximum Gasteiger partial charge on any atom is 0.303 e. The molecule has 0 saturated carbocycles. The second-order valence-corrected chi connectivity index (χ2v) is 10.1. The lowest BCUT2D eigenvalue weighted by atomic mass is 9.99. The standard InChI is InChI=1S/C30H30ClN3O3/c31-24-10-6-9-21(17-24)23-15-16-34(19-23)30(37)22-13-14-25-27(18-22)32-26(11-4-5-12-28(35)36)29(33-25)20-7-2-1-3-8-20/h1-3,6-10,13-14,17-18,23,30,37H,4-5,11-12,15-16,19H2,(H,35,36). The van der Waals surface area contributed by atoms with Crippen molar-refractivity contribution in [2.24, 2.45) is 0 Å². The first-order valence-electron chi connectivity index (χ1n) is 12.7. The van der Waals surface area contributed by atoms with Crippen molar-refractivity contribution in [2.75, 3.05) is 13.1 Å². The number of aliphatic hydroxyl groups is 1. The van der Waals surface area contributed by atoms with Crippen LogP contribution in [0.3, 0.4) is 0 Å². The molecule has 1 aliphatic heterocycles. The van der Waals surface area contributed by atoms with Crippen LogP contribution < -0.4 is 0 Å². The van der Waals surface area contributed by atoms with Crippen LogP contribution in [0.25, 0.3) is 22.3 Å². The van der Waals surface area contributed by atoms with Crippen LogP contribution in [0, 0.1) is 0 Å². The lowest BCUT2D eigenvalue weighted by Crippen LogP contribution is -2.26. The van der Waals surface area contributed by atoms with Crippen LogP contribution in [0.5, 0.6) is 0 Å². The van der Waals surface area contributed by atoms with Gasteiger partial charge in [-0.25, -0.2) is 9.97 Å². The van der Waals surface area contributed by atoms with Gasteiger partial charge >= 0.3 is 5.97 Å². The van der Waals surface area contributed by atoms with Crippen molar-refractivity contribution in [1.82, 2.24) is 14.9 Å². The van der Waals surface area contributed by atoms with Gasteiger partial charge in [0, 0.05) is 30.1 Å². The van der Waals surface area contributed by atoms with Gasteiger partial charge < -0.3 is 10.2 Å². The Bertz CT molecular complexity index is 1400. The highest BCUT2D eigenvalue weighted by Crippen LogP contribution is 2.34. The van der Waals surface area contributed by atoms with E-state index in [1.165, 1.54) is 5.56 Å². The topological polar surface area (TPSA) is 86.5 Å². The van der Waals surface area contributed by atoms with Crippen molar-refractivity contribution >= 4 is 28.6 Å². The molecule has 0 spiro atoms. The van der Waals surface area contributed by atoms with Crippen molar-refractivity contribution in [3.8, 4) is 11.3 Å². The summed E-state index contributed by atoms with van der Waals surface area (Å²) in [5, 5.41) is 20.9. The SMILES string of the molecule is O=C(O)CCCCc1nc2cc(C(O)N3CCC(c4cccc(Cl)c4)C3)ccc2nc1-c1ccccc1. The van der Waals surface area contributed by atoms with E-state index >= 15 is 0 Å². The molecule has 1 saturated heterocycles. The zero-order chi connectivity index (χ0) is 25.8. The number of carboxylic acids is 1. The number of carboxylic acid groups (broad SMARTS) is 1. The molecule has 2 unspecified atom stereocenters. The lowest BCUT2D eigenvalue weighted by Gasteiger charge is -2.24. The molecular formula is C30H30ClN3O3. The third-order valence-corrected chi connectivity index (χ3v) is 7.28. The highest BCUT2D eigenvalue weighted by atomic mass is 35.5. The second-order valence-electron chi connectivity index (χ2n) is 9.64. The molecule has 2 atom stereocenters. The molecule has 1 fully saturated rings. The number of nitrogens with zero attached hydrogens (tertiary/aromatic N) is 3. The number of halogens is 1. The molecule has 0 radical (unpaired) electrons. The number of unbranched alkanes of at least 4 members (excludes halogenated alkanes) is 1.